The van der Waals surface area contributed by atoms with Crippen LogP contribution in [-0.2, 0) is 10.0 Å². The predicted molar refractivity (Wildman–Crippen MR) is 84.0 cm³/mol. The highest BCUT2D eigenvalue weighted by molar-refractivity contribution is 9.10. The third kappa shape index (κ3) is 4.44. The fraction of sp³-hybridized carbons (Fsp3) is 0.538. The minimum absolute atomic E-state index is 0.0254. The molecule has 0 bridgehead atoms. The average molecular weight is 365 g/mol. The monoisotopic (exact) mass is 364 g/mol. The third-order valence-electron chi connectivity index (χ3n) is 3.18. The van der Waals surface area contributed by atoms with Crippen molar-refractivity contribution in [3.8, 4) is 0 Å². The standard InChI is InChI=1S/C13H21BrN2O3S/c1-9-11(15)6-10(14)7-12(9)20(18,19)16-8-13(2,3)4-5-17/h6-7,16-17H,4-5,8,15H2,1-3H3. The van der Waals surface area contributed by atoms with E-state index in [1.54, 1.807) is 13.0 Å². The highest BCUT2D eigenvalue weighted by Gasteiger charge is 2.24. The van der Waals surface area contributed by atoms with E-state index in [0.717, 1.165) is 0 Å². The first-order valence-electron chi connectivity index (χ1n) is 6.25. The molecule has 0 saturated carbocycles. The largest absolute Gasteiger partial charge is 0.398 e. The molecular weight excluding hydrogens is 344 g/mol. The molecule has 0 amide bonds. The van der Waals surface area contributed by atoms with Crippen LogP contribution in [0.4, 0.5) is 5.69 Å². The van der Waals surface area contributed by atoms with Crippen molar-refractivity contribution in [3.63, 3.8) is 0 Å². The van der Waals surface area contributed by atoms with Crippen LogP contribution >= 0.6 is 15.9 Å². The fourth-order valence-corrected chi connectivity index (χ4v) is 3.88. The van der Waals surface area contributed by atoms with Gasteiger partial charge in [0.15, 0.2) is 0 Å². The Kier molecular flexibility index (Phi) is 5.60. The summed E-state index contributed by atoms with van der Waals surface area (Å²) in [5, 5.41) is 8.97. The maximum atomic E-state index is 12.4. The zero-order valence-corrected chi connectivity index (χ0v) is 14.3. The van der Waals surface area contributed by atoms with Crippen LogP contribution in [0.5, 0.6) is 0 Å². The van der Waals surface area contributed by atoms with Crippen molar-refractivity contribution in [3.05, 3.63) is 22.2 Å². The van der Waals surface area contributed by atoms with Gasteiger partial charge in [0.05, 0.1) is 4.90 Å². The number of aliphatic hydroxyl groups is 1. The molecule has 4 N–H and O–H groups in total. The van der Waals surface area contributed by atoms with E-state index in [4.69, 9.17) is 10.8 Å². The van der Waals surface area contributed by atoms with Crippen molar-refractivity contribution in [1.82, 2.24) is 4.72 Å². The number of rotatable bonds is 6. The third-order valence-corrected chi connectivity index (χ3v) is 5.17. The van der Waals surface area contributed by atoms with E-state index in [0.29, 0.717) is 22.1 Å². The number of aliphatic hydroxyl groups excluding tert-OH is 1. The summed E-state index contributed by atoms with van der Waals surface area (Å²) in [7, 11) is -3.63. The summed E-state index contributed by atoms with van der Waals surface area (Å²) in [5.74, 6) is 0. The van der Waals surface area contributed by atoms with Gasteiger partial charge >= 0.3 is 0 Å². The Bertz CT molecular complexity index is 586. The summed E-state index contributed by atoms with van der Waals surface area (Å²) >= 11 is 3.25. The van der Waals surface area contributed by atoms with Crippen LogP contribution in [0.25, 0.3) is 0 Å². The summed E-state index contributed by atoms with van der Waals surface area (Å²) in [6.45, 7) is 5.75. The molecule has 7 heteroatoms. The molecule has 0 spiro atoms. The SMILES string of the molecule is Cc1c(N)cc(Br)cc1S(=O)(=O)NCC(C)(C)CCO. The lowest BCUT2D eigenvalue weighted by Crippen LogP contribution is -2.35. The molecule has 0 aliphatic rings. The number of benzene rings is 1. The Morgan fingerprint density at radius 3 is 2.55 bits per heavy atom. The first kappa shape index (κ1) is 17.4. The summed E-state index contributed by atoms with van der Waals surface area (Å²) in [4.78, 5) is 0.171. The number of nitrogen functional groups attached to an aromatic ring is 1. The second kappa shape index (κ2) is 6.43. The quantitative estimate of drug-likeness (QED) is 0.673. The molecule has 0 radical (unpaired) electrons. The van der Waals surface area contributed by atoms with E-state index < -0.39 is 10.0 Å². The van der Waals surface area contributed by atoms with E-state index in [1.165, 1.54) is 6.07 Å². The van der Waals surface area contributed by atoms with Crippen LogP contribution in [0.15, 0.2) is 21.5 Å². The average Bonchev–Trinajstić information content (AvgIpc) is 2.31. The number of hydrogen-bond acceptors (Lipinski definition) is 4. The molecule has 5 nitrogen and oxygen atoms in total. The number of nitrogens with two attached hydrogens (primary N) is 1. The van der Waals surface area contributed by atoms with E-state index in [9.17, 15) is 8.42 Å². The van der Waals surface area contributed by atoms with E-state index in [2.05, 4.69) is 20.7 Å². The molecule has 0 aliphatic carbocycles. The molecule has 0 aromatic heterocycles. The van der Waals surface area contributed by atoms with Crippen LogP contribution < -0.4 is 10.5 Å². The second-order valence-electron chi connectivity index (χ2n) is 5.58. The lowest BCUT2D eigenvalue weighted by atomic mass is 9.90. The van der Waals surface area contributed by atoms with Gasteiger partial charge in [-0.25, -0.2) is 13.1 Å². The maximum Gasteiger partial charge on any atom is 0.240 e. The molecule has 20 heavy (non-hydrogen) atoms. The number of hydrogen-bond donors (Lipinski definition) is 3. The molecule has 114 valence electrons. The minimum atomic E-state index is -3.63. The van der Waals surface area contributed by atoms with Gasteiger partial charge in [0.25, 0.3) is 0 Å². The second-order valence-corrected chi connectivity index (χ2v) is 8.23. The zero-order chi connectivity index (χ0) is 15.6. The summed E-state index contributed by atoms with van der Waals surface area (Å²) in [6, 6.07) is 3.21. The van der Waals surface area contributed by atoms with Crippen molar-refractivity contribution < 1.29 is 13.5 Å². The van der Waals surface area contributed by atoms with Gasteiger partial charge in [-0.15, -0.1) is 0 Å². The van der Waals surface area contributed by atoms with Gasteiger partial charge in [-0.3, -0.25) is 0 Å². The summed E-state index contributed by atoms with van der Waals surface area (Å²) in [5.41, 5.74) is 6.43. The number of anilines is 1. The highest BCUT2D eigenvalue weighted by atomic mass is 79.9. The Hall–Kier alpha value is -0.630. The summed E-state index contributed by atoms with van der Waals surface area (Å²) in [6.07, 6.45) is 0.523. The van der Waals surface area contributed by atoms with Gasteiger partial charge in [0.1, 0.15) is 0 Å². The molecular formula is C13H21BrN2O3S. The van der Waals surface area contributed by atoms with E-state index in [-0.39, 0.29) is 23.5 Å². The van der Waals surface area contributed by atoms with Gasteiger partial charge in [0, 0.05) is 23.3 Å². The Morgan fingerprint density at radius 2 is 2.00 bits per heavy atom. The summed E-state index contributed by atoms with van der Waals surface area (Å²) < 4.78 is 27.9. The first-order valence-corrected chi connectivity index (χ1v) is 8.53. The lowest BCUT2D eigenvalue weighted by Gasteiger charge is -2.24. The lowest BCUT2D eigenvalue weighted by molar-refractivity contribution is 0.213. The number of nitrogens with one attached hydrogen (secondary N) is 1. The number of sulfonamides is 1. The van der Waals surface area contributed by atoms with Crippen LogP contribution in [-0.4, -0.2) is 26.7 Å². The molecule has 0 heterocycles. The van der Waals surface area contributed by atoms with E-state index >= 15 is 0 Å². The molecule has 0 saturated heterocycles. The maximum absolute atomic E-state index is 12.4. The van der Waals surface area contributed by atoms with Crippen LogP contribution in [0.1, 0.15) is 25.8 Å². The van der Waals surface area contributed by atoms with Gasteiger partial charge in [0.2, 0.25) is 10.0 Å². The fourth-order valence-electron chi connectivity index (χ4n) is 1.71. The van der Waals surface area contributed by atoms with Crippen molar-refractivity contribution in [2.45, 2.75) is 32.1 Å². The highest BCUT2D eigenvalue weighted by Crippen LogP contribution is 2.27. The smallest absolute Gasteiger partial charge is 0.240 e. The van der Waals surface area contributed by atoms with Gasteiger partial charge in [-0.2, -0.15) is 0 Å². The molecule has 0 atom stereocenters. The van der Waals surface area contributed by atoms with Crippen LogP contribution in [0.2, 0.25) is 0 Å². The van der Waals surface area contributed by atoms with Crippen LogP contribution in [0.3, 0.4) is 0 Å². The Morgan fingerprint density at radius 1 is 1.40 bits per heavy atom. The molecule has 0 fully saturated rings. The Balaban J connectivity index is 3.01. The van der Waals surface area contributed by atoms with Crippen molar-refractivity contribution in [1.29, 1.82) is 0 Å². The topological polar surface area (TPSA) is 92.4 Å². The van der Waals surface area contributed by atoms with Crippen molar-refractivity contribution in [2.75, 3.05) is 18.9 Å². The minimum Gasteiger partial charge on any atom is -0.398 e. The first-order chi connectivity index (χ1) is 9.09. The van der Waals surface area contributed by atoms with Gasteiger partial charge in [-0.05, 0) is 36.5 Å². The molecule has 1 rings (SSSR count). The number of halogens is 1. The Labute approximate surface area is 128 Å². The zero-order valence-electron chi connectivity index (χ0n) is 11.9. The normalized spacial score (nSPS) is 12.7. The molecule has 0 aliphatic heterocycles. The van der Waals surface area contributed by atoms with Gasteiger partial charge in [-0.1, -0.05) is 29.8 Å². The molecule has 0 unspecified atom stereocenters. The van der Waals surface area contributed by atoms with Crippen molar-refractivity contribution in [2.24, 2.45) is 5.41 Å². The van der Waals surface area contributed by atoms with Crippen LogP contribution in [0, 0.1) is 12.3 Å². The predicted octanol–water partition coefficient (Wildman–Crippen LogP) is 2.03. The molecule has 1 aromatic carbocycles. The van der Waals surface area contributed by atoms with Crippen molar-refractivity contribution >= 4 is 31.6 Å². The molecule has 1 aromatic rings. The van der Waals surface area contributed by atoms with Gasteiger partial charge < -0.3 is 10.8 Å². The van der Waals surface area contributed by atoms with E-state index in [1.807, 2.05) is 13.8 Å².